The monoisotopic (exact) mass is 178 g/mol. The average molecular weight is 178 g/mol. The van der Waals surface area contributed by atoms with E-state index in [0.717, 1.165) is 0 Å². The van der Waals surface area contributed by atoms with E-state index in [-0.39, 0.29) is 0 Å². The van der Waals surface area contributed by atoms with Crippen LogP contribution in [0.5, 0.6) is 0 Å². The Hall–Kier alpha value is -0.650. The van der Waals surface area contributed by atoms with Gasteiger partial charge < -0.3 is 0 Å². The van der Waals surface area contributed by atoms with Gasteiger partial charge in [-0.1, -0.05) is 26.4 Å². The van der Waals surface area contributed by atoms with Crippen molar-refractivity contribution in [3.8, 4) is 10.2 Å². The maximum atomic E-state index is 2.17. The van der Waals surface area contributed by atoms with Crippen LogP contribution in [0, 0.1) is 0 Å². The van der Waals surface area contributed by atoms with Crippen LogP contribution in [0.25, 0.3) is 10.2 Å². The summed E-state index contributed by atoms with van der Waals surface area (Å²) in [6.45, 7) is 0. The van der Waals surface area contributed by atoms with Gasteiger partial charge >= 0.3 is 0 Å². The highest BCUT2D eigenvalue weighted by Crippen LogP contribution is 2.30. The third-order valence-electron chi connectivity index (χ3n) is 1.44. The van der Waals surface area contributed by atoms with Crippen molar-refractivity contribution in [2.45, 2.75) is 0 Å². The molecule has 11 heavy (non-hydrogen) atoms. The van der Waals surface area contributed by atoms with E-state index in [4.69, 9.17) is 0 Å². The van der Waals surface area contributed by atoms with Crippen molar-refractivity contribution in [3.63, 3.8) is 0 Å². The summed E-state index contributed by atoms with van der Waals surface area (Å²) in [6.07, 6.45) is 0. The summed E-state index contributed by atoms with van der Waals surface area (Å²) >= 11 is 1.80. The van der Waals surface area contributed by atoms with Crippen LogP contribution in [0.2, 0.25) is 0 Å². The Morgan fingerprint density at radius 1 is 1.09 bits per heavy atom. The van der Waals surface area contributed by atoms with Crippen LogP contribution in [0.3, 0.4) is 0 Å². The van der Waals surface area contributed by atoms with E-state index in [2.05, 4.69) is 41.5 Å². The molecule has 0 spiro atoms. The molecule has 0 saturated heterocycles. The molecule has 0 N–H and O–H groups in total. The molecule has 0 atom stereocenters. The van der Waals surface area contributed by atoms with E-state index in [9.17, 15) is 0 Å². The molecule has 2 rings (SSSR count). The topological polar surface area (TPSA) is 0 Å². The minimum Gasteiger partial charge on any atom is -0.143 e. The zero-order valence-electron chi connectivity index (χ0n) is 5.90. The molecule has 54 valence electrons. The van der Waals surface area contributed by atoms with Gasteiger partial charge in [-0.15, -0.1) is 11.3 Å². The summed E-state index contributed by atoms with van der Waals surface area (Å²) < 4.78 is 0. The molecule has 2 heteroatoms. The van der Waals surface area contributed by atoms with Crippen LogP contribution in [-0.2, 0) is 0 Å². The SMILES string of the molecule is c1ccc(-c2cccs2)pc1. The summed E-state index contributed by atoms with van der Waals surface area (Å²) in [6, 6.07) is 10.6. The third-order valence-corrected chi connectivity index (χ3v) is 3.48. The Morgan fingerprint density at radius 3 is 2.73 bits per heavy atom. The molecule has 2 heterocycles. The fourth-order valence-electron chi connectivity index (χ4n) is 0.933. The summed E-state index contributed by atoms with van der Waals surface area (Å²) in [4.78, 5) is 1.38. The maximum Gasteiger partial charge on any atom is 0.0388 e. The van der Waals surface area contributed by atoms with Gasteiger partial charge in [-0.2, -0.15) is 0 Å². The molecular weight excluding hydrogens is 171 g/mol. The maximum absolute atomic E-state index is 2.17. The fraction of sp³-hybridized carbons (Fsp3) is 0. The molecule has 0 aliphatic rings. The fourth-order valence-corrected chi connectivity index (χ4v) is 2.62. The molecule has 0 aliphatic carbocycles. The zero-order chi connectivity index (χ0) is 7.52. The minimum atomic E-state index is 1.31. The highest BCUT2D eigenvalue weighted by atomic mass is 32.1. The molecular formula is C9H7PS. The average Bonchev–Trinajstić information content (AvgIpc) is 2.58. The first-order valence-corrected chi connectivity index (χ1v) is 5.26. The lowest BCUT2D eigenvalue weighted by Crippen LogP contribution is -1.61. The van der Waals surface area contributed by atoms with Crippen molar-refractivity contribution >= 4 is 19.5 Å². The van der Waals surface area contributed by atoms with Crippen molar-refractivity contribution in [2.24, 2.45) is 0 Å². The van der Waals surface area contributed by atoms with Crippen molar-refractivity contribution in [3.05, 3.63) is 41.5 Å². The lowest BCUT2D eigenvalue weighted by Gasteiger charge is -1.92. The molecule has 0 saturated carbocycles. The van der Waals surface area contributed by atoms with Gasteiger partial charge in [0.15, 0.2) is 0 Å². The summed E-state index contributed by atoms with van der Waals surface area (Å²) in [7, 11) is 1.31. The Kier molecular flexibility index (Phi) is 2.02. The van der Waals surface area contributed by atoms with Gasteiger partial charge in [-0.3, -0.25) is 0 Å². The largest absolute Gasteiger partial charge is 0.143 e. The van der Waals surface area contributed by atoms with Crippen molar-refractivity contribution < 1.29 is 0 Å². The van der Waals surface area contributed by atoms with E-state index in [1.807, 2.05) is 0 Å². The Labute approximate surface area is 71.6 Å². The Morgan fingerprint density at radius 2 is 2.09 bits per heavy atom. The van der Waals surface area contributed by atoms with Crippen LogP contribution in [-0.4, -0.2) is 0 Å². The summed E-state index contributed by atoms with van der Waals surface area (Å²) in [5.74, 6) is 2.16. The molecule has 0 unspecified atom stereocenters. The van der Waals surface area contributed by atoms with E-state index >= 15 is 0 Å². The van der Waals surface area contributed by atoms with E-state index in [1.54, 1.807) is 11.3 Å². The first-order chi connectivity index (χ1) is 5.47. The Balaban J connectivity index is 2.46. The van der Waals surface area contributed by atoms with Crippen molar-refractivity contribution in [1.82, 2.24) is 0 Å². The number of thiophene rings is 1. The molecule has 2 aromatic rings. The van der Waals surface area contributed by atoms with Crippen molar-refractivity contribution in [2.75, 3.05) is 0 Å². The smallest absolute Gasteiger partial charge is 0.0388 e. The molecule has 0 amide bonds. The number of hydrogen-bond acceptors (Lipinski definition) is 1. The van der Waals surface area contributed by atoms with Crippen LogP contribution >= 0.6 is 19.5 Å². The second kappa shape index (κ2) is 3.17. The highest BCUT2D eigenvalue weighted by molar-refractivity contribution is 7.34. The highest BCUT2D eigenvalue weighted by Gasteiger charge is 1.94. The quantitative estimate of drug-likeness (QED) is 0.619. The third kappa shape index (κ3) is 1.50. The molecule has 2 aromatic heterocycles. The van der Waals surface area contributed by atoms with E-state index in [1.165, 1.54) is 18.4 Å². The van der Waals surface area contributed by atoms with Crippen LogP contribution < -0.4 is 0 Å². The lowest BCUT2D eigenvalue weighted by atomic mass is 10.4. The van der Waals surface area contributed by atoms with Gasteiger partial charge in [-0.25, -0.2) is 0 Å². The minimum absolute atomic E-state index is 1.31. The second-order valence-corrected chi connectivity index (χ2v) is 4.18. The number of rotatable bonds is 1. The molecule has 0 aliphatic heterocycles. The predicted octanol–water partition coefficient (Wildman–Crippen LogP) is 4.00. The van der Waals surface area contributed by atoms with Crippen molar-refractivity contribution in [1.29, 1.82) is 0 Å². The summed E-state index contributed by atoms with van der Waals surface area (Å²) in [5.41, 5.74) is 0. The first kappa shape index (κ1) is 7.02. The molecule has 0 nitrogen and oxygen atoms in total. The molecule has 0 fully saturated rings. The molecule has 0 bridgehead atoms. The summed E-state index contributed by atoms with van der Waals surface area (Å²) in [5, 5.41) is 3.52. The normalized spacial score (nSPS) is 10.5. The van der Waals surface area contributed by atoms with Gasteiger partial charge in [0.2, 0.25) is 0 Å². The van der Waals surface area contributed by atoms with Gasteiger partial charge in [0.1, 0.15) is 0 Å². The van der Waals surface area contributed by atoms with Gasteiger partial charge in [0.25, 0.3) is 0 Å². The predicted molar refractivity (Wildman–Crippen MR) is 52.3 cm³/mol. The standard InChI is InChI=1S/C9H7PS/c1-2-6-10-8(4-1)9-5-3-7-11-9/h1-7H. The second-order valence-electron chi connectivity index (χ2n) is 2.19. The van der Waals surface area contributed by atoms with E-state index < -0.39 is 0 Å². The van der Waals surface area contributed by atoms with Gasteiger partial charge in [0.05, 0.1) is 0 Å². The number of hydrogen-bond donors (Lipinski definition) is 0. The molecule has 0 radical (unpaired) electrons. The van der Waals surface area contributed by atoms with Crippen LogP contribution in [0.15, 0.2) is 41.5 Å². The van der Waals surface area contributed by atoms with Gasteiger partial charge in [0, 0.05) is 10.2 Å². The van der Waals surface area contributed by atoms with Crippen LogP contribution in [0.1, 0.15) is 0 Å². The molecule has 0 aromatic carbocycles. The van der Waals surface area contributed by atoms with E-state index in [0.29, 0.717) is 0 Å². The zero-order valence-corrected chi connectivity index (χ0v) is 7.61. The van der Waals surface area contributed by atoms with Crippen LogP contribution in [0.4, 0.5) is 0 Å². The Bertz CT molecular complexity index is 313. The first-order valence-electron chi connectivity index (χ1n) is 3.42. The lowest BCUT2D eigenvalue weighted by molar-refractivity contribution is 1.85. The van der Waals surface area contributed by atoms with Gasteiger partial charge in [-0.05, 0) is 23.3 Å².